The number of rotatable bonds is 2. The van der Waals surface area contributed by atoms with Crippen LogP contribution in [0.5, 0.6) is 0 Å². The summed E-state index contributed by atoms with van der Waals surface area (Å²) >= 11 is 0. The average Bonchev–Trinajstić information content (AvgIpc) is 2.67. The molecular formula is C8H9N7O. The Labute approximate surface area is 90.1 Å². The van der Waals surface area contributed by atoms with Gasteiger partial charge in [-0.15, -0.1) is 0 Å². The molecule has 0 radical (unpaired) electrons. The van der Waals surface area contributed by atoms with Crippen LogP contribution in [0.3, 0.4) is 0 Å². The highest BCUT2D eigenvalue weighted by atomic mass is 16.1. The summed E-state index contributed by atoms with van der Waals surface area (Å²) in [7, 11) is 0. The molecule has 1 amide bonds. The molecular weight excluding hydrogens is 210 g/mol. The molecule has 0 bridgehead atoms. The highest BCUT2D eigenvalue weighted by Gasteiger charge is 2.15. The quantitative estimate of drug-likeness (QED) is 0.607. The van der Waals surface area contributed by atoms with Crippen LogP contribution >= 0.6 is 0 Å². The second-order valence-corrected chi connectivity index (χ2v) is 3.09. The molecule has 0 saturated carbocycles. The van der Waals surface area contributed by atoms with Crippen molar-refractivity contribution in [1.82, 2.24) is 25.1 Å². The monoisotopic (exact) mass is 219 g/mol. The van der Waals surface area contributed by atoms with E-state index in [0.717, 1.165) is 0 Å². The van der Waals surface area contributed by atoms with Crippen LogP contribution in [0.4, 0.5) is 5.82 Å². The molecule has 0 saturated heterocycles. The van der Waals surface area contributed by atoms with Gasteiger partial charge in [-0.1, -0.05) is 0 Å². The molecule has 2 rings (SSSR count). The van der Waals surface area contributed by atoms with Gasteiger partial charge in [0.05, 0.1) is 5.69 Å². The molecule has 0 aliphatic carbocycles. The van der Waals surface area contributed by atoms with Gasteiger partial charge in [-0.2, -0.15) is 5.10 Å². The van der Waals surface area contributed by atoms with Crippen LogP contribution in [-0.2, 0) is 0 Å². The zero-order valence-electron chi connectivity index (χ0n) is 8.43. The number of nitrogens with one attached hydrogen (secondary N) is 1. The molecule has 0 atom stereocenters. The summed E-state index contributed by atoms with van der Waals surface area (Å²) in [5.74, 6) is 0.0360. The van der Waals surface area contributed by atoms with Crippen LogP contribution < -0.4 is 11.5 Å². The lowest BCUT2D eigenvalue weighted by atomic mass is 10.2. The molecule has 8 heteroatoms. The van der Waals surface area contributed by atoms with Crippen molar-refractivity contribution in [3.63, 3.8) is 0 Å². The second-order valence-electron chi connectivity index (χ2n) is 3.09. The molecule has 2 aromatic heterocycles. The fourth-order valence-corrected chi connectivity index (χ4v) is 1.32. The van der Waals surface area contributed by atoms with E-state index < -0.39 is 5.91 Å². The van der Waals surface area contributed by atoms with E-state index in [4.69, 9.17) is 11.5 Å². The number of carbonyl (C=O) groups is 1. The van der Waals surface area contributed by atoms with E-state index >= 15 is 0 Å². The summed E-state index contributed by atoms with van der Waals surface area (Å²) in [6, 6.07) is 0. The van der Waals surface area contributed by atoms with Crippen molar-refractivity contribution in [1.29, 1.82) is 0 Å². The van der Waals surface area contributed by atoms with Crippen LogP contribution in [0.15, 0.2) is 6.33 Å². The van der Waals surface area contributed by atoms with Crippen molar-refractivity contribution in [2.75, 3.05) is 5.73 Å². The third-order valence-corrected chi connectivity index (χ3v) is 1.99. The molecule has 2 aromatic rings. The minimum absolute atomic E-state index is 0.0337. The summed E-state index contributed by atoms with van der Waals surface area (Å²) in [6.45, 7) is 1.62. The highest BCUT2D eigenvalue weighted by Crippen LogP contribution is 2.16. The first-order valence-electron chi connectivity index (χ1n) is 4.39. The molecule has 0 aliphatic rings. The molecule has 0 aliphatic heterocycles. The smallest absolute Gasteiger partial charge is 0.254 e. The number of amides is 1. The number of hydrogen-bond donors (Lipinski definition) is 3. The van der Waals surface area contributed by atoms with Crippen molar-refractivity contribution in [2.45, 2.75) is 6.92 Å². The molecule has 0 fully saturated rings. The normalized spacial score (nSPS) is 10.3. The van der Waals surface area contributed by atoms with Crippen molar-refractivity contribution in [3.8, 4) is 11.6 Å². The number of aromatic nitrogens is 5. The number of aromatic amines is 1. The minimum Gasteiger partial charge on any atom is -0.383 e. The largest absolute Gasteiger partial charge is 0.383 e. The third-order valence-electron chi connectivity index (χ3n) is 1.99. The number of carbonyl (C=O) groups excluding carboxylic acids is 1. The number of hydrogen-bond acceptors (Lipinski definition) is 6. The van der Waals surface area contributed by atoms with E-state index in [9.17, 15) is 4.79 Å². The molecule has 8 nitrogen and oxygen atoms in total. The molecule has 0 aromatic carbocycles. The number of nitrogens with zero attached hydrogens (tertiary/aromatic N) is 4. The summed E-state index contributed by atoms with van der Waals surface area (Å²) in [5.41, 5.74) is 11.3. The van der Waals surface area contributed by atoms with Gasteiger partial charge in [0, 0.05) is 0 Å². The van der Waals surface area contributed by atoms with Gasteiger partial charge in [0.2, 0.25) is 0 Å². The number of primary amides is 1. The first kappa shape index (κ1) is 10.0. The van der Waals surface area contributed by atoms with Crippen molar-refractivity contribution >= 4 is 11.7 Å². The summed E-state index contributed by atoms with van der Waals surface area (Å²) in [6.07, 6.45) is 1.33. The predicted octanol–water partition coefficient (Wildman–Crippen LogP) is -0.749. The average molecular weight is 219 g/mol. The summed E-state index contributed by atoms with van der Waals surface area (Å²) < 4.78 is 0. The SMILES string of the molecule is Cc1nc(-c2ncn[nH]2)nc(N)c1C(N)=O. The van der Waals surface area contributed by atoms with Gasteiger partial charge in [-0.3, -0.25) is 9.89 Å². The maximum Gasteiger partial charge on any atom is 0.254 e. The Morgan fingerprint density at radius 1 is 1.44 bits per heavy atom. The number of nitrogen functional groups attached to an aromatic ring is 1. The van der Waals surface area contributed by atoms with E-state index in [-0.39, 0.29) is 17.2 Å². The van der Waals surface area contributed by atoms with Gasteiger partial charge in [-0.25, -0.2) is 15.0 Å². The summed E-state index contributed by atoms with van der Waals surface area (Å²) in [5, 5.41) is 6.27. The van der Waals surface area contributed by atoms with E-state index in [2.05, 4.69) is 25.1 Å². The van der Waals surface area contributed by atoms with Crippen molar-refractivity contribution < 1.29 is 4.79 Å². The van der Waals surface area contributed by atoms with Gasteiger partial charge in [0.25, 0.3) is 5.91 Å². The van der Waals surface area contributed by atoms with Crippen LogP contribution in [0.1, 0.15) is 16.1 Å². The Bertz CT molecular complexity index is 510. The van der Waals surface area contributed by atoms with Crippen molar-refractivity contribution in [2.24, 2.45) is 5.73 Å². The first-order chi connectivity index (χ1) is 7.59. The van der Waals surface area contributed by atoms with Gasteiger partial charge < -0.3 is 11.5 Å². The first-order valence-corrected chi connectivity index (χ1v) is 4.39. The standard InChI is InChI=1S/C8H9N7O/c1-3-4(6(10)16)5(9)14-8(13-3)7-11-2-12-15-7/h2H,1H3,(H2,10,16)(H2,9,13,14)(H,11,12,15). The maximum absolute atomic E-state index is 11.1. The van der Waals surface area contributed by atoms with E-state index in [1.807, 2.05) is 0 Å². The lowest BCUT2D eigenvalue weighted by Crippen LogP contribution is -2.18. The second kappa shape index (κ2) is 3.57. The van der Waals surface area contributed by atoms with E-state index in [0.29, 0.717) is 11.5 Å². The zero-order valence-corrected chi connectivity index (χ0v) is 8.43. The zero-order chi connectivity index (χ0) is 11.7. The Morgan fingerprint density at radius 3 is 2.69 bits per heavy atom. The van der Waals surface area contributed by atoms with E-state index in [1.165, 1.54) is 6.33 Å². The fraction of sp³-hybridized carbons (Fsp3) is 0.125. The third kappa shape index (κ3) is 1.56. The van der Waals surface area contributed by atoms with Crippen LogP contribution in [0, 0.1) is 6.92 Å². The Balaban J connectivity index is 2.58. The molecule has 0 spiro atoms. The van der Waals surface area contributed by atoms with Crippen LogP contribution in [0.25, 0.3) is 11.6 Å². The molecule has 2 heterocycles. The van der Waals surface area contributed by atoms with Crippen LogP contribution in [-0.4, -0.2) is 31.1 Å². The number of H-pyrrole nitrogens is 1. The minimum atomic E-state index is -0.654. The number of aryl methyl sites for hydroxylation is 1. The van der Waals surface area contributed by atoms with Crippen molar-refractivity contribution in [3.05, 3.63) is 17.6 Å². The molecule has 82 valence electrons. The van der Waals surface area contributed by atoms with Gasteiger partial charge in [-0.05, 0) is 6.92 Å². The number of anilines is 1. The Kier molecular flexibility index (Phi) is 2.24. The van der Waals surface area contributed by atoms with E-state index in [1.54, 1.807) is 6.92 Å². The molecule has 16 heavy (non-hydrogen) atoms. The van der Waals surface area contributed by atoms with Gasteiger partial charge >= 0.3 is 0 Å². The van der Waals surface area contributed by atoms with Crippen LogP contribution in [0.2, 0.25) is 0 Å². The number of nitrogens with two attached hydrogens (primary N) is 2. The Morgan fingerprint density at radius 2 is 2.19 bits per heavy atom. The fourth-order valence-electron chi connectivity index (χ4n) is 1.32. The maximum atomic E-state index is 11.1. The van der Waals surface area contributed by atoms with Gasteiger partial charge in [0.15, 0.2) is 11.6 Å². The summed E-state index contributed by atoms with van der Waals surface area (Å²) in [4.78, 5) is 22.9. The topological polar surface area (TPSA) is 136 Å². The highest BCUT2D eigenvalue weighted by molar-refractivity contribution is 5.98. The predicted molar refractivity (Wildman–Crippen MR) is 55.1 cm³/mol. The molecule has 5 N–H and O–H groups in total. The lowest BCUT2D eigenvalue weighted by Gasteiger charge is -2.05. The van der Waals surface area contributed by atoms with Gasteiger partial charge in [0.1, 0.15) is 17.7 Å². The molecule has 0 unspecified atom stereocenters. The Hall–Kier alpha value is -2.51. The lowest BCUT2D eigenvalue weighted by molar-refractivity contribution is 0.1000.